The summed E-state index contributed by atoms with van der Waals surface area (Å²) in [6.07, 6.45) is 0. The number of rotatable bonds is 8. The van der Waals surface area contributed by atoms with Crippen LogP contribution in [0.5, 0.6) is 5.75 Å². The van der Waals surface area contributed by atoms with Crippen LogP contribution in [-0.4, -0.2) is 46.5 Å². The second-order valence-electron chi connectivity index (χ2n) is 6.99. The number of likely N-dealkylation sites (N-methyl/N-ethyl adjacent to an activating group) is 1. The highest BCUT2D eigenvalue weighted by Crippen LogP contribution is 2.27. The van der Waals surface area contributed by atoms with E-state index in [4.69, 9.17) is 20.8 Å². The largest absolute Gasteiger partial charge is 0.492 e. The molecule has 0 N–H and O–H groups in total. The summed E-state index contributed by atoms with van der Waals surface area (Å²) in [5.41, 5.74) is 3.23. The van der Waals surface area contributed by atoms with Crippen LogP contribution in [0.4, 0.5) is 0 Å². The molecule has 0 bridgehead atoms. The number of carbonyl (C=O) groups excluding carboxylic acids is 1. The first-order chi connectivity index (χ1) is 14.3. The molecule has 1 atom stereocenters. The zero-order chi connectivity index (χ0) is 21.7. The van der Waals surface area contributed by atoms with Crippen molar-refractivity contribution in [1.82, 2.24) is 15.1 Å². The Labute approximate surface area is 185 Å². The first-order valence-corrected chi connectivity index (χ1v) is 10.8. The van der Waals surface area contributed by atoms with E-state index in [0.29, 0.717) is 35.0 Å². The van der Waals surface area contributed by atoms with Gasteiger partial charge in [-0.15, -0.1) is 10.2 Å². The SMILES string of the molecule is Cc1ccc(-c2nnc(SC(C)C(=O)N(C)CCOc3ccc(Cl)cc3)o2)cc1C. The molecule has 1 unspecified atom stereocenters. The van der Waals surface area contributed by atoms with Gasteiger partial charge in [0.1, 0.15) is 12.4 Å². The molecule has 1 heterocycles. The summed E-state index contributed by atoms with van der Waals surface area (Å²) in [4.78, 5) is 14.3. The number of thioether (sulfide) groups is 1. The molecule has 158 valence electrons. The third kappa shape index (κ3) is 5.77. The van der Waals surface area contributed by atoms with Gasteiger partial charge in [-0.25, -0.2) is 0 Å². The fourth-order valence-electron chi connectivity index (χ4n) is 2.70. The first-order valence-electron chi connectivity index (χ1n) is 9.54. The first kappa shape index (κ1) is 22.2. The van der Waals surface area contributed by atoms with Crippen LogP contribution in [0, 0.1) is 13.8 Å². The molecule has 0 saturated carbocycles. The highest BCUT2D eigenvalue weighted by Gasteiger charge is 2.22. The molecule has 8 heteroatoms. The van der Waals surface area contributed by atoms with Crippen molar-refractivity contribution in [2.24, 2.45) is 0 Å². The molecule has 0 saturated heterocycles. The second-order valence-corrected chi connectivity index (χ2v) is 8.72. The fraction of sp³-hybridized carbons (Fsp3) is 0.318. The molecule has 0 spiro atoms. The lowest BCUT2D eigenvalue weighted by Crippen LogP contribution is -2.36. The molecule has 0 radical (unpaired) electrons. The summed E-state index contributed by atoms with van der Waals surface area (Å²) in [5, 5.41) is 8.85. The number of nitrogens with zero attached hydrogens (tertiary/aromatic N) is 3. The Morgan fingerprint density at radius 2 is 1.90 bits per heavy atom. The van der Waals surface area contributed by atoms with E-state index in [1.807, 2.05) is 32.0 Å². The highest BCUT2D eigenvalue weighted by molar-refractivity contribution is 8.00. The molecule has 30 heavy (non-hydrogen) atoms. The van der Waals surface area contributed by atoms with E-state index in [0.717, 1.165) is 11.1 Å². The lowest BCUT2D eigenvalue weighted by Gasteiger charge is -2.20. The molecule has 1 aromatic heterocycles. The monoisotopic (exact) mass is 445 g/mol. The standard InChI is InChI=1S/C22H24ClN3O3S/c1-14-5-6-17(13-15(14)2)20-24-25-22(29-20)30-16(3)21(27)26(4)11-12-28-19-9-7-18(23)8-10-19/h5-10,13,16H,11-12H2,1-4H3. The van der Waals surface area contributed by atoms with Crippen LogP contribution in [0.15, 0.2) is 52.1 Å². The molecule has 0 fully saturated rings. The summed E-state index contributed by atoms with van der Waals surface area (Å²) in [5.74, 6) is 1.13. The Bertz CT molecular complexity index is 1010. The number of hydrogen-bond acceptors (Lipinski definition) is 6. The molecule has 6 nitrogen and oxygen atoms in total. The second kappa shape index (κ2) is 10.00. The topological polar surface area (TPSA) is 68.5 Å². The Kier molecular flexibility index (Phi) is 7.39. The summed E-state index contributed by atoms with van der Waals surface area (Å²) in [6.45, 7) is 6.77. The van der Waals surface area contributed by atoms with E-state index >= 15 is 0 Å². The van der Waals surface area contributed by atoms with Crippen molar-refractivity contribution in [3.63, 3.8) is 0 Å². The molecule has 0 aliphatic rings. The number of hydrogen-bond donors (Lipinski definition) is 0. The van der Waals surface area contributed by atoms with Crippen LogP contribution in [-0.2, 0) is 4.79 Å². The maximum absolute atomic E-state index is 12.6. The van der Waals surface area contributed by atoms with Crippen LogP contribution in [0.2, 0.25) is 5.02 Å². The molecule has 2 aromatic carbocycles. The van der Waals surface area contributed by atoms with Gasteiger partial charge in [0, 0.05) is 17.6 Å². The number of halogens is 1. The molecule has 3 aromatic rings. The van der Waals surface area contributed by atoms with Crippen molar-refractivity contribution in [3.8, 4) is 17.2 Å². The molecule has 0 aliphatic heterocycles. The van der Waals surface area contributed by atoms with Gasteiger partial charge in [-0.3, -0.25) is 4.79 Å². The van der Waals surface area contributed by atoms with Crippen molar-refractivity contribution in [2.45, 2.75) is 31.2 Å². The minimum Gasteiger partial charge on any atom is -0.492 e. The Hall–Kier alpha value is -2.51. The van der Waals surface area contributed by atoms with Gasteiger partial charge in [0.15, 0.2) is 0 Å². The fourth-order valence-corrected chi connectivity index (χ4v) is 3.63. The van der Waals surface area contributed by atoms with Gasteiger partial charge in [0.25, 0.3) is 5.22 Å². The molecular formula is C22H24ClN3O3S. The van der Waals surface area contributed by atoms with Gasteiger partial charge in [0.05, 0.1) is 11.8 Å². The van der Waals surface area contributed by atoms with Gasteiger partial charge in [-0.1, -0.05) is 29.4 Å². The number of aromatic nitrogens is 2. The van der Waals surface area contributed by atoms with E-state index < -0.39 is 0 Å². The number of amides is 1. The third-order valence-corrected chi connectivity index (χ3v) is 5.84. The number of aryl methyl sites for hydroxylation is 2. The lowest BCUT2D eigenvalue weighted by molar-refractivity contribution is -0.129. The maximum atomic E-state index is 12.6. The van der Waals surface area contributed by atoms with Gasteiger partial charge in [-0.05, 0) is 68.3 Å². The Balaban J connectivity index is 1.51. The predicted octanol–water partition coefficient (Wildman–Crippen LogP) is 5.02. The Morgan fingerprint density at radius 3 is 2.60 bits per heavy atom. The van der Waals surface area contributed by atoms with E-state index in [2.05, 4.69) is 17.1 Å². The molecular weight excluding hydrogens is 422 g/mol. The average Bonchev–Trinajstić information content (AvgIpc) is 3.19. The number of ether oxygens (including phenoxy) is 1. The van der Waals surface area contributed by atoms with Crippen molar-refractivity contribution in [1.29, 1.82) is 0 Å². The van der Waals surface area contributed by atoms with Crippen LogP contribution in [0.1, 0.15) is 18.1 Å². The van der Waals surface area contributed by atoms with E-state index in [1.54, 1.807) is 36.2 Å². The zero-order valence-corrected chi connectivity index (χ0v) is 19.0. The smallest absolute Gasteiger partial charge is 0.277 e. The highest BCUT2D eigenvalue weighted by atomic mass is 35.5. The van der Waals surface area contributed by atoms with Crippen LogP contribution < -0.4 is 4.74 Å². The molecule has 0 aliphatic carbocycles. The normalized spacial score (nSPS) is 11.9. The molecule has 3 rings (SSSR count). The number of benzene rings is 2. The minimum atomic E-state index is -0.362. The summed E-state index contributed by atoms with van der Waals surface area (Å²) in [7, 11) is 1.75. The number of carbonyl (C=O) groups is 1. The summed E-state index contributed by atoms with van der Waals surface area (Å²) < 4.78 is 11.4. The quantitative estimate of drug-likeness (QED) is 0.453. The van der Waals surface area contributed by atoms with Crippen molar-refractivity contribution < 1.29 is 13.9 Å². The minimum absolute atomic E-state index is 0.0364. The van der Waals surface area contributed by atoms with E-state index in [1.165, 1.54) is 17.3 Å². The van der Waals surface area contributed by atoms with E-state index in [-0.39, 0.29) is 11.2 Å². The third-order valence-electron chi connectivity index (χ3n) is 4.67. The lowest BCUT2D eigenvalue weighted by atomic mass is 10.1. The average molecular weight is 446 g/mol. The van der Waals surface area contributed by atoms with Crippen molar-refractivity contribution >= 4 is 29.3 Å². The van der Waals surface area contributed by atoms with Crippen LogP contribution in [0.25, 0.3) is 11.5 Å². The predicted molar refractivity (Wildman–Crippen MR) is 119 cm³/mol. The van der Waals surface area contributed by atoms with Gasteiger partial charge >= 0.3 is 0 Å². The van der Waals surface area contributed by atoms with Crippen molar-refractivity contribution in [3.05, 3.63) is 58.6 Å². The van der Waals surface area contributed by atoms with Gasteiger partial charge in [-0.2, -0.15) is 0 Å². The molecule has 1 amide bonds. The zero-order valence-electron chi connectivity index (χ0n) is 17.4. The van der Waals surface area contributed by atoms with Gasteiger partial charge in [0.2, 0.25) is 11.8 Å². The summed E-state index contributed by atoms with van der Waals surface area (Å²) in [6, 6.07) is 13.1. The van der Waals surface area contributed by atoms with E-state index in [9.17, 15) is 4.79 Å². The Morgan fingerprint density at radius 1 is 1.17 bits per heavy atom. The van der Waals surface area contributed by atoms with Crippen LogP contribution in [0.3, 0.4) is 0 Å². The van der Waals surface area contributed by atoms with Gasteiger partial charge < -0.3 is 14.1 Å². The summed E-state index contributed by atoms with van der Waals surface area (Å²) >= 11 is 7.11. The van der Waals surface area contributed by atoms with Crippen LogP contribution >= 0.6 is 23.4 Å². The maximum Gasteiger partial charge on any atom is 0.277 e. The van der Waals surface area contributed by atoms with Crippen molar-refractivity contribution in [2.75, 3.05) is 20.2 Å².